The van der Waals surface area contributed by atoms with Crippen LogP contribution >= 0.6 is 11.6 Å². The maximum Gasteiger partial charge on any atom is 0.338 e. The van der Waals surface area contributed by atoms with Crippen molar-refractivity contribution in [3.05, 3.63) is 76.2 Å². The number of benzene rings is 1. The molecule has 1 saturated carbocycles. The highest BCUT2D eigenvalue weighted by atomic mass is 35.5. The van der Waals surface area contributed by atoms with Crippen LogP contribution < -0.4 is 0 Å². The van der Waals surface area contributed by atoms with E-state index in [1.165, 1.54) is 18.6 Å². The summed E-state index contributed by atoms with van der Waals surface area (Å²) in [6.07, 6.45) is 5.38. The van der Waals surface area contributed by atoms with Crippen molar-refractivity contribution in [2.75, 3.05) is 13.6 Å². The molecule has 1 aliphatic carbocycles. The van der Waals surface area contributed by atoms with E-state index in [4.69, 9.17) is 16.7 Å². The summed E-state index contributed by atoms with van der Waals surface area (Å²) in [6.45, 7) is 1.14. The SMILES string of the molecule is CN(C(=O)c1cnn2c1CN(C(=O)c1cc3c(Cl)cccc3[nH]1)CC2)C1(c2ncc(C(=O)O)cn2)CC1. The van der Waals surface area contributed by atoms with Crippen LogP contribution in [-0.2, 0) is 18.6 Å². The van der Waals surface area contributed by atoms with Crippen molar-refractivity contribution in [1.82, 2.24) is 34.5 Å². The van der Waals surface area contributed by atoms with Gasteiger partial charge in [0.1, 0.15) is 11.2 Å². The lowest BCUT2D eigenvalue weighted by Crippen LogP contribution is -2.41. The minimum atomic E-state index is -1.11. The zero-order chi connectivity index (χ0) is 25.9. The highest BCUT2D eigenvalue weighted by Gasteiger charge is 2.53. The first-order valence-electron chi connectivity index (χ1n) is 11.7. The molecule has 11 nitrogen and oxygen atoms in total. The van der Waals surface area contributed by atoms with Crippen LogP contribution in [0, 0.1) is 0 Å². The molecule has 37 heavy (non-hydrogen) atoms. The first-order chi connectivity index (χ1) is 17.8. The molecular formula is C25H22ClN7O4. The molecule has 4 aromatic rings. The van der Waals surface area contributed by atoms with E-state index >= 15 is 0 Å². The highest BCUT2D eigenvalue weighted by Crippen LogP contribution is 2.49. The molecule has 12 heteroatoms. The van der Waals surface area contributed by atoms with Crippen molar-refractivity contribution in [3.63, 3.8) is 0 Å². The predicted molar refractivity (Wildman–Crippen MR) is 132 cm³/mol. The minimum absolute atomic E-state index is 0.0128. The largest absolute Gasteiger partial charge is 0.478 e. The van der Waals surface area contributed by atoms with E-state index in [9.17, 15) is 14.4 Å². The number of nitrogens with one attached hydrogen (secondary N) is 1. The van der Waals surface area contributed by atoms with Crippen LogP contribution in [0.15, 0.2) is 42.9 Å². The number of aromatic nitrogens is 5. The fourth-order valence-corrected chi connectivity index (χ4v) is 5.11. The van der Waals surface area contributed by atoms with Gasteiger partial charge in [0.15, 0.2) is 5.82 Å². The third kappa shape index (κ3) is 3.73. The van der Waals surface area contributed by atoms with Crippen LogP contribution in [0.3, 0.4) is 0 Å². The number of hydrogen-bond donors (Lipinski definition) is 2. The topological polar surface area (TPSA) is 137 Å². The minimum Gasteiger partial charge on any atom is -0.478 e. The van der Waals surface area contributed by atoms with Gasteiger partial charge in [-0.15, -0.1) is 0 Å². The lowest BCUT2D eigenvalue weighted by Gasteiger charge is -2.30. The summed E-state index contributed by atoms with van der Waals surface area (Å²) < 4.78 is 1.75. The van der Waals surface area contributed by atoms with Crippen LogP contribution in [0.25, 0.3) is 10.9 Å². The molecule has 2 aliphatic rings. The molecule has 0 atom stereocenters. The highest BCUT2D eigenvalue weighted by molar-refractivity contribution is 6.35. The van der Waals surface area contributed by atoms with Gasteiger partial charge in [-0.1, -0.05) is 17.7 Å². The Morgan fingerprint density at radius 2 is 1.89 bits per heavy atom. The normalized spacial score (nSPS) is 15.9. The van der Waals surface area contributed by atoms with Crippen LogP contribution in [-0.4, -0.2) is 71.0 Å². The summed E-state index contributed by atoms with van der Waals surface area (Å²) in [6, 6.07) is 7.21. The quantitative estimate of drug-likeness (QED) is 0.413. The second-order valence-corrected chi connectivity index (χ2v) is 9.74. The molecule has 0 unspecified atom stereocenters. The number of nitrogens with zero attached hydrogens (tertiary/aromatic N) is 6. The van der Waals surface area contributed by atoms with Gasteiger partial charge in [0.25, 0.3) is 11.8 Å². The molecule has 0 bridgehead atoms. The van der Waals surface area contributed by atoms with Gasteiger partial charge in [-0.3, -0.25) is 14.3 Å². The standard InChI is InChI=1S/C25H22ClN7O4/c1-31(25(5-6-25)24-27-10-14(11-28-24)23(36)37)21(34)16-12-29-33-8-7-32(13-20(16)33)22(35)19-9-15-17(26)3-2-4-18(15)30-19/h2-4,9-12,30H,5-8,13H2,1H3,(H,36,37). The Bertz CT molecular complexity index is 1570. The fraction of sp³-hybridized carbons (Fsp3) is 0.280. The molecule has 188 valence electrons. The Labute approximate surface area is 215 Å². The van der Waals surface area contributed by atoms with Crippen LogP contribution in [0.1, 0.15) is 55.6 Å². The summed E-state index contributed by atoms with van der Waals surface area (Å²) in [4.78, 5) is 53.0. The number of carbonyl (C=O) groups is 3. The number of fused-ring (bicyclic) bond motifs is 2. The number of aromatic carboxylic acids is 1. The van der Waals surface area contributed by atoms with Gasteiger partial charge >= 0.3 is 5.97 Å². The third-order valence-electron chi connectivity index (χ3n) is 7.22. The van der Waals surface area contributed by atoms with Crippen LogP contribution in [0.2, 0.25) is 5.02 Å². The Hall–Kier alpha value is -4.25. The van der Waals surface area contributed by atoms with E-state index in [-0.39, 0.29) is 23.9 Å². The molecule has 3 aromatic heterocycles. The molecule has 1 fully saturated rings. The predicted octanol–water partition coefficient (Wildman–Crippen LogP) is 2.92. The number of hydrogen-bond acceptors (Lipinski definition) is 6. The molecule has 0 saturated heterocycles. The van der Waals surface area contributed by atoms with Gasteiger partial charge in [-0.25, -0.2) is 14.8 Å². The molecule has 1 aromatic carbocycles. The molecule has 0 radical (unpaired) electrons. The van der Waals surface area contributed by atoms with Crippen LogP contribution in [0.5, 0.6) is 0 Å². The average molecular weight is 520 g/mol. The number of aromatic amines is 1. The monoisotopic (exact) mass is 519 g/mol. The van der Waals surface area contributed by atoms with Crippen LogP contribution in [0.4, 0.5) is 0 Å². The van der Waals surface area contributed by atoms with Gasteiger partial charge < -0.3 is 19.9 Å². The smallest absolute Gasteiger partial charge is 0.338 e. The molecule has 2 amide bonds. The lowest BCUT2D eigenvalue weighted by molar-refractivity contribution is 0.0664. The summed E-state index contributed by atoms with van der Waals surface area (Å²) in [5.41, 5.74) is 1.57. The molecule has 4 heterocycles. The summed E-state index contributed by atoms with van der Waals surface area (Å²) >= 11 is 6.27. The molecule has 0 spiro atoms. The van der Waals surface area contributed by atoms with Gasteiger partial charge in [-0.05, 0) is 31.0 Å². The second kappa shape index (κ2) is 8.41. The van der Waals surface area contributed by atoms with Crippen molar-refractivity contribution in [1.29, 1.82) is 0 Å². The molecule has 6 rings (SSSR count). The number of H-pyrrole nitrogens is 1. The molecule has 2 N–H and O–H groups in total. The summed E-state index contributed by atoms with van der Waals surface area (Å²) in [7, 11) is 1.69. The number of halogens is 1. The zero-order valence-electron chi connectivity index (χ0n) is 19.8. The van der Waals surface area contributed by atoms with E-state index in [1.807, 2.05) is 12.1 Å². The van der Waals surface area contributed by atoms with Gasteiger partial charge in [0.2, 0.25) is 0 Å². The van der Waals surface area contributed by atoms with Gasteiger partial charge in [0, 0.05) is 41.9 Å². The summed E-state index contributed by atoms with van der Waals surface area (Å²) in [5.74, 6) is -1.14. The number of carboxylic acids is 1. The Morgan fingerprint density at radius 1 is 1.14 bits per heavy atom. The van der Waals surface area contributed by atoms with E-state index in [0.717, 1.165) is 10.9 Å². The Balaban J connectivity index is 1.24. The maximum absolute atomic E-state index is 13.6. The summed E-state index contributed by atoms with van der Waals surface area (Å²) in [5, 5.41) is 14.9. The van der Waals surface area contributed by atoms with Gasteiger partial charge in [-0.2, -0.15) is 5.10 Å². The van der Waals surface area contributed by atoms with Crippen molar-refractivity contribution in [2.45, 2.75) is 31.5 Å². The number of carboxylic acid groups (broad SMARTS) is 1. The van der Waals surface area contributed by atoms with Crippen molar-refractivity contribution in [2.24, 2.45) is 0 Å². The second-order valence-electron chi connectivity index (χ2n) is 9.34. The molecule has 1 aliphatic heterocycles. The van der Waals surface area contributed by atoms with E-state index in [1.54, 1.807) is 33.7 Å². The fourth-order valence-electron chi connectivity index (χ4n) is 4.88. The number of rotatable bonds is 5. The van der Waals surface area contributed by atoms with Crippen molar-refractivity contribution < 1.29 is 19.5 Å². The first-order valence-corrected chi connectivity index (χ1v) is 12.1. The Kier molecular flexibility index (Phi) is 5.27. The first kappa shape index (κ1) is 23.2. The zero-order valence-corrected chi connectivity index (χ0v) is 20.6. The van der Waals surface area contributed by atoms with E-state index in [2.05, 4.69) is 20.1 Å². The van der Waals surface area contributed by atoms with E-state index in [0.29, 0.717) is 53.7 Å². The lowest BCUT2D eigenvalue weighted by atomic mass is 10.1. The maximum atomic E-state index is 13.6. The molecular weight excluding hydrogens is 498 g/mol. The van der Waals surface area contributed by atoms with Crippen molar-refractivity contribution in [3.8, 4) is 0 Å². The third-order valence-corrected chi connectivity index (χ3v) is 7.54. The Morgan fingerprint density at radius 3 is 2.57 bits per heavy atom. The average Bonchev–Trinajstić information content (AvgIpc) is 3.41. The van der Waals surface area contributed by atoms with Gasteiger partial charge in [0.05, 0.1) is 36.1 Å². The number of amides is 2. The van der Waals surface area contributed by atoms with Crippen molar-refractivity contribution >= 4 is 40.3 Å². The number of carbonyl (C=O) groups excluding carboxylic acids is 2. The van der Waals surface area contributed by atoms with E-state index < -0.39 is 11.5 Å².